The molecule has 2 aliphatic heterocycles. The molecular formula is C36H44ClF3N6S2. The van der Waals surface area contributed by atoms with E-state index in [0.717, 1.165) is 81.1 Å². The van der Waals surface area contributed by atoms with Crippen molar-refractivity contribution in [1.82, 2.24) is 19.8 Å². The number of likely N-dealkylation sites (tertiary alicyclic amines) is 1. The average Bonchev–Trinajstić information content (AvgIpc) is 3.05. The number of alkyl halides is 3. The van der Waals surface area contributed by atoms with E-state index in [2.05, 4.69) is 57.4 Å². The van der Waals surface area contributed by atoms with E-state index in [9.17, 15) is 13.2 Å². The lowest BCUT2D eigenvalue weighted by molar-refractivity contribution is -0.0328. The number of rotatable bonds is 9. The van der Waals surface area contributed by atoms with Gasteiger partial charge in [-0.25, -0.2) is 9.97 Å². The highest BCUT2D eigenvalue weighted by Gasteiger charge is 2.36. The highest BCUT2D eigenvalue weighted by molar-refractivity contribution is 8.01. The Morgan fingerprint density at radius 1 is 1.06 bits per heavy atom. The van der Waals surface area contributed by atoms with E-state index in [-0.39, 0.29) is 22.3 Å². The van der Waals surface area contributed by atoms with Gasteiger partial charge in [0.15, 0.2) is 0 Å². The highest BCUT2D eigenvalue weighted by atomic mass is 35.5. The molecule has 0 amide bonds. The fourth-order valence-corrected chi connectivity index (χ4v) is 8.82. The minimum Gasteiger partial charge on any atom is -0.398 e. The molecule has 0 spiro atoms. The molecule has 3 aliphatic rings. The molecular weight excluding hydrogens is 673 g/mol. The Hall–Kier alpha value is -2.44. The lowest BCUT2D eigenvalue weighted by Gasteiger charge is -2.43. The second-order valence-corrected chi connectivity index (χ2v) is 16.3. The first kappa shape index (κ1) is 35.4. The zero-order valence-corrected chi connectivity index (χ0v) is 30.1. The largest absolute Gasteiger partial charge is 0.446 e. The summed E-state index contributed by atoms with van der Waals surface area (Å²) in [4.78, 5) is 15.0. The van der Waals surface area contributed by atoms with Gasteiger partial charge in [-0.3, -0.25) is 9.80 Å². The molecule has 2 aromatic carbocycles. The van der Waals surface area contributed by atoms with Crippen molar-refractivity contribution in [2.24, 2.45) is 11.3 Å². The third-order valence-electron chi connectivity index (χ3n) is 10.6. The number of piperidine rings is 1. The third kappa shape index (κ3) is 8.46. The first-order valence-corrected chi connectivity index (χ1v) is 18.7. The summed E-state index contributed by atoms with van der Waals surface area (Å²) in [6.45, 7) is 12.1. The second-order valence-electron chi connectivity index (χ2n) is 13.9. The number of halogens is 4. The maximum absolute atomic E-state index is 13.0. The SMILES string of the molecule is CC(C)C1(C)CCC(c2ccc(Cl)cc2)=C(CN2CCC(N3CCc4c(ncnc4NSc4ccc(N)c(SC(F)(F)F)c4)C3)CC2)C1. The Labute approximate surface area is 295 Å². The van der Waals surface area contributed by atoms with Crippen LogP contribution in [0.3, 0.4) is 0 Å². The monoisotopic (exact) mass is 716 g/mol. The fourth-order valence-electron chi connectivity index (χ4n) is 7.30. The molecule has 3 aromatic rings. The van der Waals surface area contributed by atoms with E-state index in [0.29, 0.717) is 28.1 Å². The van der Waals surface area contributed by atoms with Gasteiger partial charge in [0.25, 0.3) is 0 Å². The van der Waals surface area contributed by atoms with E-state index in [4.69, 9.17) is 17.3 Å². The summed E-state index contributed by atoms with van der Waals surface area (Å²) in [6.07, 6.45) is 8.12. The van der Waals surface area contributed by atoms with Gasteiger partial charge in [-0.2, -0.15) is 13.2 Å². The van der Waals surface area contributed by atoms with Crippen LogP contribution in [0.2, 0.25) is 5.02 Å². The predicted octanol–water partition coefficient (Wildman–Crippen LogP) is 9.57. The number of benzene rings is 2. The van der Waals surface area contributed by atoms with Crippen LogP contribution in [0.15, 0.2) is 64.2 Å². The molecule has 3 heterocycles. The van der Waals surface area contributed by atoms with Crippen molar-refractivity contribution in [3.8, 4) is 0 Å². The zero-order chi connectivity index (χ0) is 34.1. The molecule has 0 radical (unpaired) electrons. The summed E-state index contributed by atoms with van der Waals surface area (Å²) in [7, 11) is 0. The topological polar surface area (TPSA) is 70.3 Å². The predicted molar refractivity (Wildman–Crippen MR) is 193 cm³/mol. The fraction of sp³-hybridized carbons (Fsp3) is 0.500. The maximum Gasteiger partial charge on any atom is 0.446 e. The molecule has 1 atom stereocenters. The van der Waals surface area contributed by atoms with Crippen LogP contribution in [-0.4, -0.2) is 57.5 Å². The second kappa shape index (κ2) is 14.8. The molecule has 1 aliphatic carbocycles. The number of nitrogens with zero attached hydrogens (tertiary/aromatic N) is 4. The number of nitrogens with one attached hydrogen (secondary N) is 1. The van der Waals surface area contributed by atoms with Crippen LogP contribution in [0.4, 0.5) is 24.7 Å². The van der Waals surface area contributed by atoms with Crippen LogP contribution >= 0.6 is 35.3 Å². The molecule has 1 fully saturated rings. The van der Waals surface area contributed by atoms with Gasteiger partial charge in [0.05, 0.1) is 5.69 Å². The van der Waals surface area contributed by atoms with Crippen LogP contribution in [0.25, 0.3) is 5.57 Å². The average molecular weight is 717 g/mol. The number of aromatic nitrogens is 2. The summed E-state index contributed by atoms with van der Waals surface area (Å²) < 4.78 is 42.2. The number of nitrogens with two attached hydrogens (primary N) is 1. The van der Waals surface area contributed by atoms with Gasteiger partial charge in [0.2, 0.25) is 0 Å². The molecule has 48 heavy (non-hydrogen) atoms. The number of allylic oxidation sites excluding steroid dienone is 1. The smallest absolute Gasteiger partial charge is 0.398 e. The minimum absolute atomic E-state index is 0.00722. The van der Waals surface area contributed by atoms with Crippen molar-refractivity contribution in [3.05, 3.63) is 76.2 Å². The molecule has 1 unspecified atom stereocenters. The van der Waals surface area contributed by atoms with E-state index in [1.165, 1.54) is 41.6 Å². The number of anilines is 2. The van der Waals surface area contributed by atoms with Gasteiger partial charge >= 0.3 is 5.51 Å². The molecule has 3 N–H and O–H groups in total. The Balaban J connectivity index is 1.07. The third-order valence-corrected chi connectivity index (χ3v) is 12.4. The van der Waals surface area contributed by atoms with Gasteiger partial charge < -0.3 is 10.5 Å². The first-order chi connectivity index (χ1) is 22.9. The normalized spacial score (nSPS) is 21.5. The molecule has 1 aromatic heterocycles. The molecule has 6 rings (SSSR count). The maximum atomic E-state index is 13.0. The van der Waals surface area contributed by atoms with E-state index >= 15 is 0 Å². The van der Waals surface area contributed by atoms with Crippen LogP contribution in [0.1, 0.15) is 69.7 Å². The number of nitrogen functional groups attached to an aromatic ring is 1. The highest BCUT2D eigenvalue weighted by Crippen LogP contribution is 2.47. The standard InChI is InChI=1S/C36H44ClF3N6S2/c1-23(2)35(3)14-10-29(24-4-6-26(37)7-5-24)25(19-35)20-45-15-11-27(12-16-45)46-17-13-30-32(21-46)42-22-43-34(30)44-48-28-8-9-31(41)33(18-28)47-36(38,39)40/h4-9,18,22-23,27H,10-17,19-21,41H2,1-3H3,(H,42,43,44). The minimum atomic E-state index is -4.40. The molecule has 6 nitrogen and oxygen atoms in total. The van der Waals surface area contributed by atoms with Crippen LogP contribution in [0, 0.1) is 11.3 Å². The summed E-state index contributed by atoms with van der Waals surface area (Å²) in [5.74, 6) is 1.35. The van der Waals surface area contributed by atoms with Crippen molar-refractivity contribution >= 4 is 52.4 Å². The van der Waals surface area contributed by atoms with Crippen molar-refractivity contribution in [2.45, 2.75) is 87.2 Å². The molecule has 0 saturated carbocycles. The summed E-state index contributed by atoms with van der Waals surface area (Å²) in [5, 5.41) is 0.780. The zero-order valence-electron chi connectivity index (χ0n) is 27.7. The molecule has 258 valence electrons. The lowest BCUT2D eigenvalue weighted by Crippen LogP contribution is -2.47. The lowest BCUT2D eigenvalue weighted by atomic mass is 9.66. The van der Waals surface area contributed by atoms with Crippen molar-refractivity contribution < 1.29 is 13.2 Å². The van der Waals surface area contributed by atoms with Crippen molar-refractivity contribution in [3.63, 3.8) is 0 Å². The Kier molecular flexibility index (Phi) is 10.9. The van der Waals surface area contributed by atoms with Gasteiger partial charge in [-0.15, -0.1) is 0 Å². The summed E-state index contributed by atoms with van der Waals surface area (Å²) in [5.41, 5.74) is 8.32. The van der Waals surface area contributed by atoms with Crippen LogP contribution in [-0.2, 0) is 13.0 Å². The number of hydrogen-bond donors (Lipinski definition) is 2. The van der Waals surface area contributed by atoms with Gasteiger partial charge in [-0.05, 0) is 128 Å². The van der Waals surface area contributed by atoms with Gasteiger partial charge in [0.1, 0.15) is 12.1 Å². The Morgan fingerprint density at radius 3 is 2.52 bits per heavy atom. The van der Waals surface area contributed by atoms with Crippen LogP contribution in [0.5, 0.6) is 0 Å². The number of thioether (sulfide) groups is 1. The van der Waals surface area contributed by atoms with Gasteiger partial charge in [0, 0.05) is 51.7 Å². The molecule has 1 saturated heterocycles. The number of fused-ring (bicyclic) bond motifs is 1. The first-order valence-electron chi connectivity index (χ1n) is 16.7. The Morgan fingerprint density at radius 2 is 1.81 bits per heavy atom. The van der Waals surface area contributed by atoms with Crippen molar-refractivity contribution in [1.29, 1.82) is 0 Å². The van der Waals surface area contributed by atoms with E-state index in [1.807, 2.05) is 12.1 Å². The summed E-state index contributed by atoms with van der Waals surface area (Å²) >= 11 is 7.27. The quantitative estimate of drug-likeness (QED) is 0.129. The number of hydrogen-bond acceptors (Lipinski definition) is 8. The Bertz CT molecular complexity index is 1620. The van der Waals surface area contributed by atoms with Crippen molar-refractivity contribution in [2.75, 3.05) is 36.6 Å². The van der Waals surface area contributed by atoms with E-state index < -0.39 is 5.51 Å². The molecule has 12 heteroatoms. The summed E-state index contributed by atoms with van der Waals surface area (Å²) in [6, 6.07) is 13.6. The van der Waals surface area contributed by atoms with Gasteiger partial charge in [-0.1, -0.05) is 50.1 Å². The molecule has 0 bridgehead atoms. The van der Waals surface area contributed by atoms with Crippen LogP contribution < -0.4 is 10.5 Å². The van der Waals surface area contributed by atoms with E-state index in [1.54, 1.807) is 18.0 Å².